The number of nitrogens with two attached hydrogens (primary N) is 1. The quantitative estimate of drug-likeness (QED) is 0.612. The van der Waals surface area contributed by atoms with E-state index in [1.807, 2.05) is 0 Å². The number of hydrogen-bond donors (Lipinski definition) is 1. The lowest BCUT2D eigenvalue weighted by atomic mass is 9.99. The number of hydrogen-bond acceptors (Lipinski definition) is 3. The Labute approximate surface area is 75.4 Å². The van der Waals surface area contributed by atoms with E-state index in [-0.39, 0.29) is 0 Å². The number of rotatable bonds is 6. The Kier molecular flexibility index (Phi) is 6.96. The van der Waals surface area contributed by atoms with Crippen molar-refractivity contribution in [3.8, 4) is 0 Å². The molecule has 0 saturated carbocycles. The van der Waals surface area contributed by atoms with Crippen LogP contribution in [0.25, 0.3) is 0 Å². The van der Waals surface area contributed by atoms with Crippen LogP contribution in [0.15, 0.2) is 10.2 Å². The van der Waals surface area contributed by atoms with E-state index >= 15 is 0 Å². The van der Waals surface area contributed by atoms with E-state index in [9.17, 15) is 0 Å². The lowest BCUT2D eigenvalue weighted by Gasteiger charge is -2.13. The Balaban J connectivity index is 3.61. The van der Waals surface area contributed by atoms with Gasteiger partial charge in [0.05, 0.1) is 12.6 Å². The van der Waals surface area contributed by atoms with Crippen LogP contribution in [0.4, 0.5) is 0 Å². The van der Waals surface area contributed by atoms with Crippen LogP contribution in [-0.4, -0.2) is 19.1 Å². The molecule has 0 aliphatic rings. The Morgan fingerprint density at radius 1 is 1.33 bits per heavy atom. The van der Waals surface area contributed by atoms with Crippen LogP contribution in [-0.2, 0) is 0 Å². The van der Waals surface area contributed by atoms with Crippen LogP contribution in [0, 0.1) is 5.92 Å². The summed E-state index contributed by atoms with van der Waals surface area (Å²) in [6, 6.07) is 0.344. The molecule has 2 atom stereocenters. The Hall–Kier alpha value is -0.440. The molecule has 0 aliphatic heterocycles. The van der Waals surface area contributed by atoms with Crippen LogP contribution in [0.1, 0.15) is 33.6 Å². The van der Waals surface area contributed by atoms with Gasteiger partial charge in [-0.15, -0.1) is 0 Å². The van der Waals surface area contributed by atoms with Crippen LogP contribution in [0.2, 0.25) is 0 Å². The second-order valence-electron chi connectivity index (χ2n) is 3.28. The number of azo groups is 1. The fourth-order valence-electron chi connectivity index (χ4n) is 1.05. The molecule has 0 amide bonds. The van der Waals surface area contributed by atoms with E-state index < -0.39 is 0 Å². The third kappa shape index (κ3) is 5.24. The summed E-state index contributed by atoms with van der Waals surface area (Å²) in [5.41, 5.74) is 5.30. The normalized spacial score (nSPS) is 16.7. The first kappa shape index (κ1) is 11.6. The van der Waals surface area contributed by atoms with Gasteiger partial charge in [-0.05, 0) is 19.3 Å². The molecule has 72 valence electrons. The highest BCUT2D eigenvalue weighted by Gasteiger charge is 2.08. The molecule has 3 heteroatoms. The maximum Gasteiger partial charge on any atom is 0.0721 e. The molecule has 0 heterocycles. The van der Waals surface area contributed by atoms with E-state index in [0.29, 0.717) is 25.0 Å². The molecule has 0 saturated heterocycles. The lowest BCUT2D eigenvalue weighted by Crippen LogP contribution is -2.11. The first-order valence-corrected chi connectivity index (χ1v) is 4.79. The minimum absolute atomic E-state index is 0.344. The smallest absolute Gasteiger partial charge is 0.0721 e. The molecular formula is C9H21N3. The number of nitrogens with zero attached hydrogens (tertiary/aromatic N) is 2. The van der Waals surface area contributed by atoms with E-state index in [4.69, 9.17) is 5.73 Å². The second kappa shape index (κ2) is 7.22. The SMILES string of the molecule is CCCC(C)C(C)N=NCCN. The largest absolute Gasteiger partial charge is 0.329 e. The zero-order chi connectivity index (χ0) is 9.40. The van der Waals surface area contributed by atoms with Crippen molar-refractivity contribution in [2.75, 3.05) is 13.1 Å². The molecule has 0 aromatic rings. The summed E-state index contributed by atoms with van der Waals surface area (Å²) in [5, 5.41) is 8.17. The predicted octanol–water partition coefficient (Wildman–Crippen LogP) is 2.22. The highest BCUT2D eigenvalue weighted by atomic mass is 15.1. The highest BCUT2D eigenvalue weighted by Crippen LogP contribution is 2.13. The molecule has 0 fully saturated rings. The Morgan fingerprint density at radius 3 is 2.50 bits per heavy atom. The molecule has 3 nitrogen and oxygen atoms in total. The molecular weight excluding hydrogens is 150 g/mol. The average molecular weight is 171 g/mol. The van der Waals surface area contributed by atoms with Crippen molar-refractivity contribution in [3.63, 3.8) is 0 Å². The van der Waals surface area contributed by atoms with Gasteiger partial charge in [-0.25, -0.2) is 0 Å². The van der Waals surface area contributed by atoms with Crippen LogP contribution in [0.3, 0.4) is 0 Å². The second-order valence-corrected chi connectivity index (χ2v) is 3.28. The first-order valence-electron chi connectivity index (χ1n) is 4.79. The summed E-state index contributed by atoms with van der Waals surface area (Å²) in [7, 11) is 0. The first-order chi connectivity index (χ1) is 5.72. The fourth-order valence-corrected chi connectivity index (χ4v) is 1.05. The van der Waals surface area contributed by atoms with E-state index in [1.165, 1.54) is 12.8 Å². The molecule has 0 aliphatic carbocycles. The summed E-state index contributed by atoms with van der Waals surface area (Å²) < 4.78 is 0. The Bertz CT molecular complexity index is 123. The maximum absolute atomic E-state index is 5.30. The van der Waals surface area contributed by atoms with E-state index in [0.717, 1.165) is 0 Å². The predicted molar refractivity (Wildman–Crippen MR) is 52.3 cm³/mol. The van der Waals surface area contributed by atoms with Gasteiger partial charge in [0.25, 0.3) is 0 Å². The summed E-state index contributed by atoms with van der Waals surface area (Å²) in [5.74, 6) is 0.636. The van der Waals surface area contributed by atoms with Gasteiger partial charge in [0.15, 0.2) is 0 Å². The van der Waals surface area contributed by atoms with Crippen molar-refractivity contribution in [2.45, 2.75) is 39.7 Å². The summed E-state index contributed by atoms with van der Waals surface area (Å²) in [4.78, 5) is 0. The molecule has 0 radical (unpaired) electrons. The van der Waals surface area contributed by atoms with Crippen molar-refractivity contribution in [1.82, 2.24) is 0 Å². The maximum atomic E-state index is 5.30. The van der Waals surface area contributed by atoms with Gasteiger partial charge in [-0.3, -0.25) is 0 Å². The minimum atomic E-state index is 0.344. The van der Waals surface area contributed by atoms with Gasteiger partial charge < -0.3 is 5.73 Å². The molecule has 0 aromatic heterocycles. The van der Waals surface area contributed by atoms with Gasteiger partial charge in [0, 0.05) is 6.54 Å². The summed E-state index contributed by atoms with van der Waals surface area (Å²) in [6.45, 7) is 7.78. The summed E-state index contributed by atoms with van der Waals surface area (Å²) >= 11 is 0. The van der Waals surface area contributed by atoms with Crippen molar-refractivity contribution >= 4 is 0 Å². The van der Waals surface area contributed by atoms with Crippen molar-refractivity contribution < 1.29 is 0 Å². The molecule has 0 rings (SSSR count). The minimum Gasteiger partial charge on any atom is -0.329 e. The molecule has 0 aromatic carbocycles. The van der Waals surface area contributed by atoms with Crippen LogP contribution >= 0.6 is 0 Å². The molecule has 0 spiro atoms. The fraction of sp³-hybridized carbons (Fsp3) is 1.00. The third-order valence-electron chi connectivity index (χ3n) is 2.06. The van der Waals surface area contributed by atoms with Gasteiger partial charge in [-0.2, -0.15) is 10.2 Å². The molecule has 2 N–H and O–H groups in total. The van der Waals surface area contributed by atoms with E-state index in [2.05, 4.69) is 31.0 Å². The monoisotopic (exact) mass is 171 g/mol. The molecule has 0 bridgehead atoms. The van der Waals surface area contributed by atoms with Crippen molar-refractivity contribution in [2.24, 2.45) is 21.9 Å². The zero-order valence-corrected chi connectivity index (χ0v) is 8.45. The van der Waals surface area contributed by atoms with Crippen LogP contribution < -0.4 is 5.73 Å². The molecule has 2 unspecified atom stereocenters. The lowest BCUT2D eigenvalue weighted by molar-refractivity contribution is 0.432. The third-order valence-corrected chi connectivity index (χ3v) is 2.06. The van der Waals surface area contributed by atoms with Gasteiger partial charge >= 0.3 is 0 Å². The highest BCUT2D eigenvalue weighted by molar-refractivity contribution is 4.65. The standard InChI is InChI=1S/C9H21N3/c1-4-5-8(2)9(3)12-11-7-6-10/h8-9H,4-7,10H2,1-3H3. The Morgan fingerprint density at radius 2 is 2.00 bits per heavy atom. The van der Waals surface area contributed by atoms with Gasteiger partial charge in [0.1, 0.15) is 0 Å². The topological polar surface area (TPSA) is 50.7 Å². The van der Waals surface area contributed by atoms with Gasteiger partial charge in [-0.1, -0.05) is 20.3 Å². The average Bonchev–Trinajstić information content (AvgIpc) is 2.05. The molecule has 12 heavy (non-hydrogen) atoms. The van der Waals surface area contributed by atoms with Crippen LogP contribution in [0.5, 0.6) is 0 Å². The summed E-state index contributed by atoms with van der Waals surface area (Å²) in [6.07, 6.45) is 2.45. The van der Waals surface area contributed by atoms with Crippen molar-refractivity contribution in [3.05, 3.63) is 0 Å². The van der Waals surface area contributed by atoms with Gasteiger partial charge in [0.2, 0.25) is 0 Å². The van der Waals surface area contributed by atoms with Crippen molar-refractivity contribution in [1.29, 1.82) is 0 Å². The van der Waals surface area contributed by atoms with E-state index in [1.54, 1.807) is 0 Å². The zero-order valence-electron chi connectivity index (χ0n) is 8.45.